The Morgan fingerprint density at radius 1 is 1.07 bits per heavy atom. The summed E-state index contributed by atoms with van der Waals surface area (Å²) < 4.78 is 1.92. The molecule has 1 aromatic heterocycles. The molecule has 0 saturated carbocycles. The van der Waals surface area contributed by atoms with Gasteiger partial charge in [-0.2, -0.15) is 5.26 Å². The second kappa shape index (κ2) is 9.16. The van der Waals surface area contributed by atoms with E-state index in [2.05, 4.69) is 5.32 Å². The molecule has 0 saturated heterocycles. The summed E-state index contributed by atoms with van der Waals surface area (Å²) >= 11 is 24.6. The van der Waals surface area contributed by atoms with Gasteiger partial charge in [-0.15, -0.1) is 0 Å². The van der Waals surface area contributed by atoms with Crippen LogP contribution in [-0.2, 0) is 4.79 Å². The van der Waals surface area contributed by atoms with E-state index in [0.29, 0.717) is 32.0 Å². The summed E-state index contributed by atoms with van der Waals surface area (Å²) in [5.74, 6) is -0.591. The average Bonchev–Trinajstić information content (AvgIpc) is 2.98. The number of amides is 1. The van der Waals surface area contributed by atoms with Gasteiger partial charge in [-0.05, 0) is 61.9 Å². The van der Waals surface area contributed by atoms with Crippen molar-refractivity contribution in [1.29, 1.82) is 5.26 Å². The molecule has 2 aromatic carbocycles. The Morgan fingerprint density at radius 2 is 1.80 bits per heavy atom. The first-order chi connectivity index (χ1) is 14.2. The molecular weight excluding hydrogens is 464 g/mol. The van der Waals surface area contributed by atoms with E-state index in [-0.39, 0.29) is 10.6 Å². The molecule has 4 nitrogen and oxygen atoms in total. The largest absolute Gasteiger partial charge is 0.320 e. The van der Waals surface area contributed by atoms with Crippen LogP contribution in [0.4, 0.5) is 5.69 Å². The molecule has 0 radical (unpaired) electrons. The van der Waals surface area contributed by atoms with Crippen LogP contribution in [0.3, 0.4) is 0 Å². The van der Waals surface area contributed by atoms with E-state index < -0.39 is 5.91 Å². The highest BCUT2D eigenvalue weighted by Crippen LogP contribution is 2.31. The summed E-state index contributed by atoms with van der Waals surface area (Å²) in [6.45, 7) is 3.77. The maximum atomic E-state index is 12.6. The minimum atomic E-state index is -0.591. The van der Waals surface area contributed by atoms with Crippen molar-refractivity contribution in [1.82, 2.24) is 4.57 Å². The molecule has 0 bridgehead atoms. The number of aromatic nitrogens is 1. The van der Waals surface area contributed by atoms with Crippen molar-refractivity contribution in [2.75, 3.05) is 5.32 Å². The summed E-state index contributed by atoms with van der Waals surface area (Å²) in [7, 11) is 0. The van der Waals surface area contributed by atoms with Gasteiger partial charge in [0.05, 0.1) is 26.4 Å². The third kappa shape index (κ3) is 4.50. The predicted molar refractivity (Wildman–Crippen MR) is 124 cm³/mol. The molecule has 1 N–H and O–H groups in total. The van der Waals surface area contributed by atoms with Gasteiger partial charge in [0.1, 0.15) is 11.6 Å². The molecule has 1 amide bonds. The van der Waals surface area contributed by atoms with Gasteiger partial charge in [-0.1, -0.05) is 52.5 Å². The lowest BCUT2D eigenvalue weighted by atomic mass is 10.1. The first kappa shape index (κ1) is 22.3. The van der Waals surface area contributed by atoms with E-state index in [1.54, 1.807) is 36.4 Å². The molecule has 0 aliphatic carbocycles. The molecule has 0 aliphatic heterocycles. The first-order valence-corrected chi connectivity index (χ1v) is 10.3. The van der Waals surface area contributed by atoms with Crippen LogP contribution < -0.4 is 5.32 Å². The summed E-state index contributed by atoms with van der Waals surface area (Å²) in [6, 6.07) is 13.9. The quantitative estimate of drug-likeness (QED) is 0.317. The van der Waals surface area contributed by atoms with Crippen LogP contribution in [-0.4, -0.2) is 10.5 Å². The lowest BCUT2D eigenvalue weighted by Gasteiger charge is -2.12. The number of hydrogen-bond acceptors (Lipinski definition) is 2. The number of nitrogens with one attached hydrogen (secondary N) is 1. The second-order valence-electron chi connectivity index (χ2n) is 6.48. The number of hydrogen-bond donors (Lipinski definition) is 1. The van der Waals surface area contributed by atoms with Crippen molar-refractivity contribution in [2.24, 2.45) is 0 Å². The molecule has 152 valence electrons. The highest BCUT2D eigenvalue weighted by molar-refractivity contribution is 6.44. The third-order valence-electron chi connectivity index (χ3n) is 4.48. The Balaban J connectivity index is 1.99. The van der Waals surface area contributed by atoms with Gasteiger partial charge in [0.25, 0.3) is 5.91 Å². The standard InChI is InChI=1S/C22H15Cl4N3O/c1-12-8-14(13(2)29(12)20-10-16(23)6-7-17(20)24)9-15(11-27)22(30)28-19-5-3-4-18(25)21(19)26/h3-10H,1-2H3,(H,28,30)/b15-9-. The smallest absolute Gasteiger partial charge is 0.266 e. The van der Waals surface area contributed by atoms with E-state index in [0.717, 1.165) is 11.4 Å². The number of nitriles is 1. The molecule has 3 rings (SSSR count). The molecule has 30 heavy (non-hydrogen) atoms. The van der Waals surface area contributed by atoms with Crippen molar-refractivity contribution in [2.45, 2.75) is 13.8 Å². The number of rotatable bonds is 4. The lowest BCUT2D eigenvalue weighted by Crippen LogP contribution is -2.13. The molecule has 0 unspecified atom stereocenters. The highest BCUT2D eigenvalue weighted by Gasteiger charge is 2.16. The van der Waals surface area contributed by atoms with E-state index >= 15 is 0 Å². The zero-order valence-electron chi connectivity index (χ0n) is 15.9. The maximum Gasteiger partial charge on any atom is 0.266 e. The molecule has 0 atom stereocenters. The normalized spacial score (nSPS) is 11.3. The Bertz CT molecular complexity index is 1220. The fraction of sp³-hybridized carbons (Fsp3) is 0.0909. The van der Waals surface area contributed by atoms with Crippen molar-refractivity contribution < 1.29 is 4.79 Å². The number of carbonyl (C=O) groups is 1. The zero-order chi connectivity index (χ0) is 22.0. The van der Waals surface area contributed by atoms with Gasteiger partial charge in [0, 0.05) is 16.4 Å². The molecule has 0 aliphatic rings. The predicted octanol–water partition coefficient (Wildman–Crippen LogP) is 7.25. The number of carbonyl (C=O) groups excluding carboxylic acids is 1. The molecule has 8 heteroatoms. The first-order valence-electron chi connectivity index (χ1n) is 8.74. The van der Waals surface area contributed by atoms with Crippen molar-refractivity contribution in [3.8, 4) is 11.8 Å². The van der Waals surface area contributed by atoms with Crippen LogP contribution in [0.5, 0.6) is 0 Å². The number of nitrogens with zero attached hydrogens (tertiary/aromatic N) is 2. The van der Waals surface area contributed by atoms with E-state index in [4.69, 9.17) is 46.4 Å². The number of benzene rings is 2. The van der Waals surface area contributed by atoms with Crippen LogP contribution in [0, 0.1) is 25.2 Å². The number of anilines is 1. The molecule has 1 heterocycles. The van der Waals surface area contributed by atoms with E-state index in [1.807, 2.05) is 30.6 Å². The average molecular weight is 479 g/mol. The lowest BCUT2D eigenvalue weighted by molar-refractivity contribution is -0.112. The minimum absolute atomic E-state index is 0.0801. The number of halogens is 4. The van der Waals surface area contributed by atoms with Crippen LogP contribution in [0.2, 0.25) is 20.1 Å². The summed E-state index contributed by atoms with van der Waals surface area (Å²) in [6.07, 6.45) is 1.52. The second-order valence-corrected chi connectivity index (χ2v) is 8.11. The molecular formula is C22H15Cl4N3O. The van der Waals surface area contributed by atoms with Gasteiger partial charge in [-0.25, -0.2) is 0 Å². The van der Waals surface area contributed by atoms with Crippen LogP contribution in [0.25, 0.3) is 11.8 Å². The van der Waals surface area contributed by atoms with Crippen LogP contribution in [0.1, 0.15) is 17.0 Å². The van der Waals surface area contributed by atoms with Crippen molar-refractivity contribution in [3.63, 3.8) is 0 Å². The molecule has 0 fully saturated rings. The van der Waals surface area contributed by atoms with Gasteiger partial charge in [-0.3, -0.25) is 4.79 Å². The molecule has 3 aromatic rings. The van der Waals surface area contributed by atoms with Crippen LogP contribution in [0.15, 0.2) is 48.0 Å². The Kier molecular flexibility index (Phi) is 6.80. The third-order valence-corrected chi connectivity index (χ3v) is 5.86. The maximum absolute atomic E-state index is 12.6. The highest BCUT2D eigenvalue weighted by atomic mass is 35.5. The van der Waals surface area contributed by atoms with Gasteiger partial charge in [0.15, 0.2) is 0 Å². The Hall–Kier alpha value is -2.42. The van der Waals surface area contributed by atoms with Gasteiger partial charge in [0.2, 0.25) is 0 Å². The van der Waals surface area contributed by atoms with Gasteiger partial charge >= 0.3 is 0 Å². The zero-order valence-corrected chi connectivity index (χ0v) is 19.0. The number of aryl methyl sites for hydroxylation is 1. The minimum Gasteiger partial charge on any atom is -0.320 e. The van der Waals surface area contributed by atoms with Crippen molar-refractivity contribution in [3.05, 3.63) is 85.1 Å². The topological polar surface area (TPSA) is 57.8 Å². The van der Waals surface area contributed by atoms with E-state index in [9.17, 15) is 10.1 Å². The van der Waals surface area contributed by atoms with Crippen molar-refractivity contribution >= 4 is 64.1 Å². The summed E-state index contributed by atoms with van der Waals surface area (Å²) in [5, 5.41) is 13.8. The molecule has 0 spiro atoms. The fourth-order valence-corrected chi connectivity index (χ4v) is 3.77. The summed E-state index contributed by atoms with van der Waals surface area (Å²) in [5.41, 5.74) is 3.34. The fourth-order valence-electron chi connectivity index (χ4n) is 3.06. The monoisotopic (exact) mass is 477 g/mol. The Morgan fingerprint density at radius 3 is 2.50 bits per heavy atom. The van der Waals surface area contributed by atoms with Gasteiger partial charge < -0.3 is 9.88 Å². The SMILES string of the molecule is Cc1cc(/C=C(/C#N)C(=O)Nc2cccc(Cl)c2Cl)c(C)n1-c1cc(Cl)ccc1Cl. The Labute approximate surface area is 194 Å². The van der Waals surface area contributed by atoms with E-state index in [1.165, 1.54) is 6.08 Å². The van der Waals surface area contributed by atoms with Crippen LogP contribution >= 0.6 is 46.4 Å². The summed E-state index contributed by atoms with van der Waals surface area (Å²) in [4.78, 5) is 12.6.